The van der Waals surface area contributed by atoms with E-state index in [1.807, 2.05) is 0 Å². The first-order valence-corrected chi connectivity index (χ1v) is 5.41. The average Bonchev–Trinajstić information content (AvgIpc) is 2.65. The van der Waals surface area contributed by atoms with Gasteiger partial charge in [0.2, 0.25) is 0 Å². The summed E-state index contributed by atoms with van der Waals surface area (Å²) in [5.41, 5.74) is 0.769. The Morgan fingerprint density at radius 3 is 2.23 bits per heavy atom. The molecule has 0 heterocycles. The minimum atomic E-state index is 0.267. The molecule has 0 atom stereocenters. The zero-order valence-corrected chi connectivity index (χ0v) is 9.54. The summed E-state index contributed by atoms with van der Waals surface area (Å²) in [6.45, 7) is 11.2. The minimum absolute atomic E-state index is 0.267. The number of rotatable bonds is 5. The second-order valence-corrected chi connectivity index (χ2v) is 5.52. The molecular formula is C11H24N2. The highest BCUT2D eigenvalue weighted by Crippen LogP contribution is 2.33. The third-order valence-corrected chi connectivity index (χ3v) is 2.56. The Bertz CT molecular complexity index is 147. The lowest BCUT2D eigenvalue weighted by Crippen LogP contribution is -2.38. The van der Waals surface area contributed by atoms with E-state index >= 15 is 0 Å². The molecule has 0 aromatic carbocycles. The third kappa shape index (κ3) is 5.27. The van der Waals surface area contributed by atoms with E-state index in [-0.39, 0.29) is 5.54 Å². The topological polar surface area (TPSA) is 24.1 Å². The standard InChI is InChI=1S/C11H24N2/c1-10(2,3)12-8-5-9-13-11(4)6-7-11/h12-13H,5-9H2,1-4H3. The molecule has 0 radical (unpaired) electrons. The van der Waals surface area contributed by atoms with Gasteiger partial charge in [0, 0.05) is 11.1 Å². The Kier molecular flexibility index (Phi) is 3.36. The number of nitrogens with one attached hydrogen (secondary N) is 2. The molecule has 0 aliphatic heterocycles. The van der Waals surface area contributed by atoms with Crippen LogP contribution in [0.2, 0.25) is 0 Å². The van der Waals surface area contributed by atoms with Crippen LogP contribution >= 0.6 is 0 Å². The normalized spacial score (nSPS) is 20.3. The van der Waals surface area contributed by atoms with Crippen LogP contribution in [0.25, 0.3) is 0 Å². The van der Waals surface area contributed by atoms with Crippen molar-refractivity contribution in [1.29, 1.82) is 0 Å². The van der Waals surface area contributed by atoms with Crippen molar-refractivity contribution in [2.45, 2.75) is 58.0 Å². The van der Waals surface area contributed by atoms with Crippen LogP contribution in [0.3, 0.4) is 0 Å². The smallest absolute Gasteiger partial charge is 0.0154 e. The highest BCUT2D eigenvalue weighted by atomic mass is 15.0. The Labute approximate surface area is 82.5 Å². The Balaban J connectivity index is 1.90. The van der Waals surface area contributed by atoms with Crippen molar-refractivity contribution in [1.82, 2.24) is 10.6 Å². The highest BCUT2D eigenvalue weighted by molar-refractivity contribution is 4.97. The lowest BCUT2D eigenvalue weighted by molar-refractivity contribution is 0.412. The molecule has 0 bridgehead atoms. The molecule has 0 aromatic rings. The Morgan fingerprint density at radius 1 is 1.15 bits per heavy atom. The van der Waals surface area contributed by atoms with Gasteiger partial charge in [-0.05, 0) is 60.0 Å². The second kappa shape index (κ2) is 3.97. The van der Waals surface area contributed by atoms with Gasteiger partial charge < -0.3 is 10.6 Å². The second-order valence-electron chi connectivity index (χ2n) is 5.52. The third-order valence-electron chi connectivity index (χ3n) is 2.56. The molecule has 1 aliphatic rings. The largest absolute Gasteiger partial charge is 0.312 e. The van der Waals surface area contributed by atoms with Crippen LogP contribution < -0.4 is 10.6 Å². The zero-order chi connectivity index (χ0) is 9.95. The van der Waals surface area contributed by atoms with E-state index in [2.05, 4.69) is 38.3 Å². The predicted molar refractivity (Wildman–Crippen MR) is 58.0 cm³/mol. The molecule has 2 nitrogen and oxygen atoms in total. The molecule has 1 rings (SSSR count). The molecule has 2 heteroatoms. The van der Waals surface area contributed by atoms with Crippen LogP contribution in [-0.4, -0.2) is 24.2 Å². The van der Waals surface area contributed by atoms with Crippen molar-refractivity contribution < 1.29 is 0 Å². The summed E-state index contributed by atoms with van der Waals surface area (Å²) >= 11 is 0. The van der Waals surface area contributed by atoms with Gasteiger partial charge in [-0.3, -0.25) is 0 Å². The molecule has 0 spiro atoms. The SMILES string of the molecule is CC(C)(C)NCCCNC1(C)CC1. The molecule has 1 fully saturated rings. The fourth-order valence-electron chi connectivity index (χ4n) is 1.31. The molecular weight excluding hydrogens is 160 g/mol. The van der Waals surface area contributed by atoms with Crippen LogP contribution in [0, 0.1) is 0 Å². The molecule has 1 aliphatic carbocycles. The molecule has 1 saturated carbocycles. The lowest BCUT2D eigenvalue weighted by atomic mass is 10.1. The fraction of sp³-hybridized carbons (Fsp3) is 1.00. The molecule has 0 amide bonds. The first-order chi connectivity index (χ1) is 5.91. The van der Waals surface area contributed by atoms with Gasteiger partial charge in [-0.15, -0.1) is 0 Å². The van der Waals surface area contributed by atoms with Gasteiger partial charge in [-0.1, -0.05) is 0 Å². The molecule has 2 N–H and O–H groups in total. The van der Waals surface area contributed by atoms with Crippen molar-refractivity contribution in [3.8, 4) is 0 Å². The lowest BCUT2D eigenvalue weighted by Gasteiger charge is -2.20. The van der Waals surface area contributed by atoms with Crippen molar-refractivity contribution in [3.63, 3.8) is 0 Å². The van der Waals surface area contributed by atoms with E-state index < -0.39 is 0 Å². The molecule has 0 saturated heterocycles. The summed E-state index contributed by atoms with van der Waals surface area (Å²) in [5.74, 6) is 0. The number of hydrogen-bond acceptors (Lipinski definition) is 2. The summed E-state index contributed by atoms with van der Waals surface area (Å²) in [6.07, 6.45) is 3.95. The Morgan fingerprint density at radius 2 is 1.77 bits per heavy atom. The van der Waals surface area contributed by atoms with Crippen LogP contribution in [0.15, 0.2) is 0 Å². The minimum Gasteiger partial charge on any atom is -0.312 e. The van der Waals surface area contributed by atoms with Gasteiger partial charge in [0.25, 0.3) is 0 Å². The van der Waals surface area contributed by atoms with Gasteiger partial charge in [0.15, 0.2) is 0 Å². The van der Waals surface area contributed by atoms with E-state index in [1.54, 1.807) is 0 Å². The van der Waals surface area contributed by atoms with Crippen molar-refractivity contribution in [3.05, 3.63) is 0 Å². The van der Waals surface area contributed by atoms with Gasteiger partial charge in [0.05, 0.1) is 0 Å². The van der Waals surface area contributed by atoms with Crippen LogP contribution in [0.5, 0.6) is 0 Å². The molecule has 78 valence electrons. The quantitative estimate of drug-likeness (QED) is 0.638. The molecule has 0 unspecified atom stereocenters. The summed E-state index contributed by atoms with van der Waals surface area (Å²) in [7, 11) is 0. The maximum absolute atomic E-state index is 3.58. The van der Waals surface area contributed by atoms with Crippen molar-refractivity contribution >= 4 is 0 Å². The zero-order valence-electron chi connectivity index (χ0n) is 9.54. The van der Waals surface area contributed by atoms with Crippen molar-refractivity contribution in [2.24, 2.45) is 0 Å². The van der Waals surface area contributed by atoms with Gasteiger partial charge in [0.1, 0.15) is 0 Å². The van der Waals surface area contributed by atoms with Crippen LogP contribution in [0.1, 0.15) is 47.0 Å². The average molecular weight is 184 g/mol. The monoisotopic (exact) mass is 184 g/mol. The summed E-state index contributed by atoms with van der Waals surface area (Å²) in [6, 6.07) is 0. The van der Waals surface area contributed by atoms with Gasteiger partial charge >= 0.3 is 0 Å². The van der Waals surface area contributed by atoms with E-state index in [4.69, 9.17) is 0 Å². The predicted octanol–water partition coefficient (Wildman–Crippen LogP) is 1.91. The fourth-order valence-corrected chi connectivity index (χ4v) is 1.31. The molecule has 0 aromatic heterocycles. The van der Waals surface area contributed by atoms with E-state index in [9.17, 15) is 0 Å². The van der Waals surface area contributed by atoms with Gasteiger partial charge in [-0.2, -0.15) is 0 Å². The molecule has 13 heavy (non-hydrogen) atoms. The van der Waals surface area contributed by atoms with E-state index in [0.717, 1.165) is 13.1 Å². The van der Waals surface area contributed by atoms with E-state index in [0.29, 0.717) is 5.54 Å². The Hall–Kier alpha value is -0.0800. The van der Waals surface area contributed by atoms with Crippen molar-refractivity contribution in [2.75, 3.05) is 13.1 Å². The summed E-state index contributed by atoms with van der Waals surface area (Å²) < 4.78 is 0. The highest BCUT2D eigenvalue weighted by Gasteiger charge is 2.35. The first kappa shape index (κ1) is 11.0. The maximum atomic E-state index is 3.58. The summed E-state index contributed by atoms with van der Waals surface area (Å²) in [5, 5.41) is 7.07. The van der Waals surface area contributed by atoms with Gasteiger partial charge in [-0.25, -0.2) is 0 Å². The van der Waals surface area contributed by atoms with Crippen LogP contribution in [0.4, 0.5) is 0 Å². The van der Waals surface area contributed by atoms with E-state index in [1.165, 1.54) is 19.3 Å². The maximum Gasteiger partial charge on any atom is 0.0154 e. The van der Waals surface area contributed by atoms with Crippen LogP contribution in [-0.2, 0) is 0 Å². The first-order valence-electron chi connectivity index (χ1n) is 5.41. The summed E-state index contributed by atoms with van der Waals surface area (Å²) in [4.78, 5) is 0. The number of hydrogen-bond donors (Lipinski definition) is 2.